The number of anilines is 2. The molecule has 188 valence electrons. The van der Waals surface area contributed by atoms with Crippen molar-refractivity contribution >= 4 is 33.9 Å². The zero-order chi connectivity index (χ0) is 26.2. The van der Waals surface area contributed by atoms with Gasteiger partial charge in [-0.1, -0.05) is 121 Å². The molecule has 7 rings (SSSR count). The Morgan fingerprint density at radius 3 is 1.72 bits per heavy atom. The van der Waals surface area contributed by atoms with E-state index in [0.29, 0.717) is 0 Å². The van der Waals surface area contributed by atoms with E-state index < -0.39 is 4.99 Å². The third-order valence-corrected chi connectivity index (χ3v) is 8.45. The Balaban J connectivity index is 1.52. The highest BCUT2D eigenvalue weighted by atomic mass is 32.2. The van der Waals surface area contributed by atoms with Crippen LogP contribution >= 0.6 is 11.8 Å². The highest BCUT2D eigenvalue weighted by Gasteiger charge is 2.55. The van der Waals surface area contributed by atoms with Crippen LogP contribution in [0.5, 0.6) is 0 Å². The van der Waals surface area contributed by atoms with Gasteiger partial charge in [-0.15, -0.1) is 0 Å². The van der Waals surface area contributed by atoms with Crippen LogP contribution in [0.1, 0.15) is 27.8 Å². The fraction of sp³-hybridized carbons (Fsp3) is 0.0588. The molecule has 4 nitrogen and oxygen atoms in total. The molecular weight excluding hydrogens is 496 g/mol. The summed E-state index contributed by atoms with van der Waals surface area (Å²) in [4.78, 5) is -0.779. The van der Waals surface area contributed by atoms with Gasteiger partial charge < -0.3 is 0 Å². The molecule has 2 aliphatic heterocycles. The van der Waals surface area contributed by atoms with E-state index in [1.807, 2.05) is 18.2 Å². The first kappa shape index (κ1) is 23.5. The second-order valence-corrected chi connectivity index (χ2v) is 10.8. The topological polar surface area (TPSA) is 31.2 Å². The van der Waals surface area contributed by atoms with E-state index in [4.69, 9.17) is 10.2 Å². The fourth-order valence-electron chi connectivity index (χ4n) is 5.19. The van der Waals surface area contributed by atoms with Crippen LogP contribution in [-0.4, -0.2) is 10.8 Å². The van der Waals surface area contributed by atoms with Crippen molar-refractivity contribution in [2.24, 2.45) is 10.2 Å². The van der Waals surface area contributed by atoms with Gasteiger partial charge in [-0.25, -0.2) is 10.0 Å². The van der Waals surface area contributed by atoms with Gasteiger partial charge in [0.2, 0.25) is 4.99 Å². The number of rotatable bonds is 4. The predicted molar refractivity (Wildman–Crippen MR) is 163 cm³/mol. The molecule has 1 atom stereocenters. The predicted octanol–water partition coefficient (Wildman–Crippen LogP) is 7.99. The number of benzene rings is 5. The molecule has 5 aromatic carbocycles. The third-order valence-electron chi connectivity index (χ3n) is 7.08. The maximum Gasteiger partial charge on any atom is 0.234 e. The van der Waals surface area contributed by atoms with E-state index in [2.05, 4.69) is 138 Å². The first-order chi connectivity index (χ1) is 19.2. The Bertz CT molecular complexity index is 1680. The molecule has 39 heavy (non-hydrogen) atoms. The molecule has 0 radical (unpaired) electrons. The van der Waals surface area contributed by atoms with Crippen LogP contribution < -0.4 is 10.0 Å². The zero-order valence-corrected chi connectivity index (χ0v) is 22.3. The number of hydrogen-bond donors (Lipinski definition) is 0. The molecule has 0 saturated carbocycles. The molecular formula is C34H26N4S. The van der Waals surface area contributed by atoms with Crippen LogP contribution in [0.25, 0.3) is 0 Å². The van der Waals surface area contributed by atoms with Gasteiger partial charge in [0.25, 0.3) is 0 Å². The molecule has 0 bridgehead atoms. The van der Waals surface area contributed by atoms with E-state index in [1.54, 1.807) is 11.8 Å². The summed E-state index contributed by atoms with van der Waals surface area (Å²) in [5, 5.41) is 16.0. The second kappa shape index (κ2) is 9.61. The van der Waals surface area contributed by atoms with Gasteiger partial charge in [0.1, 0.15) is 5.04 Å². The lowest BCUT2D eigenvalue weighted by Gasteiger charge is -2.47. The summed E-state index contributed by atoms with van der Waals surface area (Å²) < 4.78 is 0. The number of fused-ring (bicyclic) bond motifs is 2. The van der Waals surface area contributed by atoms with Crippen molar-refractivity contribution in [2.45, 2.75) is 11.9 Å². The molecule has 1 spiro atoms. The number of aryl methyl sites for hydroxylation is 1. The van der Waals surface area contributed by atoms with E-state index in [0.717, 1.165) is 44.4 Å². The van der Waals surface area contributed by atoms with Crippen LogP contribution in [0.2, 0.25) is 0 Å². The van der Waals surface area contributed by atoms with Crippen molar-refractivity contribution in [1.82, 2.24) is 0 Å². The molecule has 0 unspecified atom stereocenters. The number of hydrazone groups is 2. The van der Waals surface area contributed by atoms with Crippen LogP contribution in [0, 0.1) is 6.92 Å². The normalized spacial score (nSPS) is 18.1. The number of hydrogen-bond acceptors (Lipinski definition) is 5. The van der Waals surface area contributed by atoms with Gasteiger partial charge in [0.05, 0.1) is 17.1 Å². The Morgan fingerprint density at radius 2 is 1.08 bits per heavy atom. The number of thioether (sulfide) groups is 1. The van der Waals surface area contributed by atoms with E-state index in [-0.39, 0.29) is 0 Å². The van der Waals surface area contributed by atoms with Crippen molar-refractivity contribution in [3.05, 3.63) is 167 Å². The van der Waals surface area contributed by atoms with Crippen molar-refractivity contribution in [3.63, 3.8) is 0 Å². The first-order valence-electron chi connectivity index (χ1n) is 13.0. The molecule has 5 heteroatoms. The van der Waals surface area contributed by atoms with Crippen molar-refractivity contribution in [2.75, 3.05) is 10.0 Å². The molecule has 0 N–H and O–H groups in total. The van der Waals surface area contributed by atoms with Crippen LogP contribution in [-0.2, 0) is 4.99 Å². The summed E-state index contributed by atoms with van der Waals surface area (Å²) in [7, 11) is 0. The average Bonchev–Trinajstić information content (AvgIpc) is 3.40. The van der Waals surface area contributed by atoms with Gasteiger partial charge >= 0.3 is 0 Å². The Labute approximate surface area is 232 Å². The third kappa shape index (κ3) is 3.94. The van der Waals surface area contributed by atoms with E-state index in [1.165, 1.54) is 5.56 Å². The number of para-hydroxylation sites is 2. The van der Waals surface area contributed by atoms with Crippen molar-refractivity contribution in [3.8, 4) is 0 Å². The molecule has 0 amide bonds. The van der Waals surface area contributed by atoms with Crippen molar-refractivity contribution in [1.29, 1.82) is 0 Å². The van der Waals surface area contributed by atoms with E-state index in [9.17, 15) is 0 Å². The van der Waals surface area contributed by atoms with Gasteiger partial charge in [0.15, 0.2) is 0 Å². The molecule has 5 aromatic rings. The minimum atomic E-state index is -0.779. The average molecular weight is 523 g/mol. The maximum atomic E-state index is 5.45. The van der Waals surface area contributed by atoms with Gasteiger partial charge in [-0.05, 0) is 43.0 Å². The fourth-order valence-corrected chi connectivity index (χ4v) is 6.59. The summed E-state index contributed by atoms with van der Waals surface area (Å²) >= 11 is 1.73. The monoisotopic (exact) mass is 522 g/mol. The van der Waals surface area contributed by atoms with E-state index >= 15 is 0 Å². The molecule has 2 heterocycles. The molecule has 0 aliphatic carbocycles. The second-order valence-electron chi connectivity index (χ2n) is 9.64. The summed E-state index contributed by atoms with van der Waals surface area (Å²) in [6.07, 6.45) is 0. The SMILES string of the molecule is Cc1ccc(C2=NN(c3ccccc3)[C@@]3(SC(c4ccccc4)=NN3c3ccccc3)c3ccccc32)cc1. The van der Waals surface area contributed by atoms with Gasteiger partial charge in [-0.2, -0.15) is 10.2 Å². The van der Waals surface area contributed by atoms with Gasteiger partial charge in [-0.3, -0.25) is 0 Å². The lowest BCUT2D eigenvalue weighted by molar-refractivity contribution is 0.550. The Morgan fingerprint density at radius 1 is 0.538 bits per heavy atom. The zero-order valence-electron chi connectivity index (χ0n) is 21.5. The quantitative estimate of drug-likeness (QED) is 0.240. The van der Waals surface area contributed by atoms with Crippen LogP contribution in [0.4, 0.5) is 11.4 Å². The molecule has 0 fully saturated rings. The van der Waals surface area contributed by atoms with Crippen molar-refractivity contribution < 1.29 is 0 Å². The molecule has 0 saturated heterocycles. The largest absolute Gasteiger partial charge is 0.234 e. The summed E-state index contributed by atoms with van der Waals surface area (Å²) in [6, 6.07) is 48.5. The molecule has 0 aromatic heterocycles. The minimum Gasteiger partial charge on any atom is -0.223 e. The van der Waals surface area contributed by atoms with Crippen LogP contribution in [0.15, 0.2) is 150 Å². The molecule has 2 aliphatic rings. The van der Waals surface area contributed by atoms with Gasteiger partial charge in [0, 0.05) is 22.3 Å². The summed E-state index contributed by atoms with van der Waals surface area (Å²) in [5.74, 6) is 0. The smallest absolute Gasteiger partial charge is 0.223 e. The minimum absolute atomic E-state index is 0.779. The Kier molecular flexibility index (Phi) is 5.79. The maximum absolute atomic E-state index is 5.45. The number of nitrogens with zero attached hydrogens (tertiary/aromatic N) is 4. The lowest BCUT2D eigenvalue weighted by Crippen LogP contribution is -2.54. The van der Waals surface area contributed by atoms with Crippen LogP contribution in [0.3, 0.4) is 0 Å². The summed E-state index contributed by atoms with van der Waals surface area (Å²) in [5.41, 5.74) is 8.58. The first-order valence-corrected chi connectivity index (χ1v) is 13.8. The lowest BCUT2D eigenvalue weighted by atomic mass is 9.93. The highest BCUT2D eigenvalue weighted by Crippen LogP contribution is 2.55. The standard InChI is InChI=1S/C34H26N4S/c1-25-21-23-26(24-22-25)32-30-19-11-12-20-31(30)34(37(35-32)28-15-7-3-8-16-28)38(29-17-9-4-10-18-29)36-33(39-34)27-13-5-2-6-14-27/h2-24H,1H3/t34-/m0/s1. The Hall–Kier alpha value is -4.61. The highest BCUT2D eigenvalue weighted by molar-refractivity contribution is 8.15. The summed E-state index contributed by atoms with van der Waals surface area (Å²) in [6.45, 7) is 2.11.